The Morgan fingerprint density at radius 2 is 1.91 bits per heavy atom. The number of Topliss-reactive ketones (excluding diaryl/α,β-unsaturated/α-hetero) is 1. The van der Waals surface area contributed by atoms with Crippen LogP contribution in [-0.4, -0.2) is 28.3 Å². The summed E-state index contributed by atoms with van der Waals surface area (Å²) < 4.78 is 50.8. The highest BCUT2D eigenvalue weighted by atomic mass is 19.4. The van der Waals surface area contributed by atoms with Crippen LogP contribution in [0.15, 0.2) is 64.6 Å². The van der Waals surface area contributed by atoms with Crippen LogP contribution in [0, 0.1) is 6.92 Å². The van der Waals surface area contributed by atoms with Gasteiger partial charge in [0.05, 0.1) is 17.7 Å². The van der Waals surface area contributed by atoms with Crippen LogP contribution < -0.4 is 4.74 Å². The van der Waals surface area contributed by atoms with Gasteiger partial charge in [-0.1, -0.05) is 12.1 Å². The molecule has 1 unspecified atom stereocenters. The maximum Gasteiger partial charge on any atom is 0.416 e. The molecular weight excluding hydrogens is 463 g/mol. The van der Waals surface area contributed by atoms with Gasteiger partial charge in [0.1, 0.15) is 29.1 Å². The number of alkyl halides is 3. The number of ether oxygens (including phenoxy) is 1. The molecule has 180 valence electrons. The van der Waals surface area contributed by atoms with Crippen LogP contribution in [0.1, 0.15) is 39.8 Å². The van der Waals surface area contributed by atoms with Gasteiger partial charge in [0.2, 0.25) is 0 Å². The van der Waals surface area contributed by atoms with Crippen molar-refractivity contribution < 1.29 is 37.0 Å². The molecule has 3 aromatic rings. The number of rotatable bonds is 4. The van der Waals surface area contributed by atoms with Gasteiger partial charge in [-0.2, -0.15) is 13.2 Å². The molecule has 6 nitrogen and oxygen atoms in total. The molecule has 1 aromatic heterocycles. The highest BCUT2D eigenvalue weighted by Crippen LogP contribution is 2.42. The molecule has 0 aliphatic carbocycles. The molecule has 1 amide bonds. The van der Waals surface area contributed by atoms with Gasteiger partial charge in [0, 0.05) is 18.5 Å². The largest absolute Gasteiger partial charge is 0.507 e. The highest BCUT2D eigenvalue weighted by molar-refractivity contribution is 6.46. The van der Waals surface area contributed by atoms with E-state index >= 15 is 0 Å². The van der Waals surface area contributed by atoms with Crippen molar-refractivity contribution in [3.63, 3.8) is 0 Å². The summed E-state index contributed by atoms with van der Waals surface area (Å²) in [5.74, 6) is -0.842. The maximum atomic E-state index is 13.2. The number of nitrogens with zero attached hydrogens (tertiary/aromatic N) is 1. The van der Waals surface area contributed by atoms with Gasteiger partial charge < -0.3 is 19.2 Å². The van der Waals surface area contributed by atoms with E-state index in [-0.39, 0.29) is 29.2 Å². The van der Waals surface area contributed by atoms with Gasteiger partial charge in [0.25, 0.3) is 11.7 Å². The third-order valence-corrected chi connectivity index (χ3v) is 6.14. The average molecular weight is 483 g/mol. The van der Waals surface area contributed by atoms with Gasteiger partial charge in [-0.25, -0.2) is 0 Å². The van der Waals surface area contributed by atoms with E-state index in [9.17, 15) is 27.9 Å². The Morgan fingerprint density at radius 3 is 2.63 bits per heavy atom. The molecule has 35 heavy (non-hydrogen) atoms. The molecule has 0 bridgehead atoms. The van der Waals surface area contributed by atoms with E-state index in [0.717, 1.165) is 22.6 Å². The smallest absolute Gasteiger partial charge is 0.416 e. The van der Waals surface area contributed by atoms with E-state index in [4.69, 9.17) is 9.15 Å². The first-order chi connectivity index (χ1) is 16.6. The fourth-order valence-electron chi connectivity index (χ4n) is 4.47. The van der Waals surface area contributed by atoms with Gasteiger partial charge in [0.15, 0.2) is 0 Å². The van der Waals surface area contributed by atoms with Crippen LogP contribution >= 0.6 is 0 Å². The molecule has 2 aromatic carbocycles. The summed E-state index contributed by atoms with van der Waals surface area (Å²) >= 11 is 0. The SMILES string of the molecule is Cc1ccc(C2/C(=C(/O)c3ccc4c(c3)CCO4)C(=O)C(=O)N2Cc2cccc(C(F)(F)F)c2)o1. The summed E-state index contributed by atoms with van der Waals surface area (Å²) in [5.41, 5.74) is 0.328. The lowest BCUT2D eigenvalue weighted by Crippen LogP contribution is -2.29. The Bertz CT molecular complexity index is 1370. The minimum atomic E-state index is -4.56. The molecule has 0 spiro atoms. The van der Waals surface area contributed by atoms with E-state index in [2.05, 4.69) is 0 Å². The topological polar surface area (TPSA) is 80.0 Å². The zero-order valence-corrected chi connectivity index (χ0v) is 18.6. The average Bonchev–Trinajstić information content (AvgIpc) is 3.52. The first-order valence-corrected chi connectivity index (χ1v) is 10.9. The minimum absolute atomic E-state index is 0.185. The summed E-state index contributed by atoms with van der Waals surface area (Å²) in [6.45, 7) is 1.91. The summed E-state index contributed by atoms with van der Waals surface area (Å²) in [6.07, 6.45) is -3.92. The maximum absolute atomic E-state index is 13.2. The fourth-order valence-corrected chi connectivity index (χ4v) is 4.47. The van der Waals surface area contributed by atoms with Crippen LogP contribution in [0.25, 0.3) is 5.76 Å². The summed E-state index contributed by atoms with van der Waals surface area (Å²) in [5, 5.41) is 11.2. The lowest BCUT2D eigenvalue weighted by atomic mass is 9.97. The molecule has 1 atom stereocenters. The second kappa shape index (κ2) is 8.33. The molecule has 0 saturated carbocycles. The summed E-state index contributed by atoms with van der Waals surface area (Å²) in [6, 6.07) is 11.6. The standard InChI is InChI=1S/C26H20F3NO5/c1-14-5-7-20(35-14)22-21(23(31)17-6-8-19-16(12-17)9-10-34-19)24(32)25(33)30(22)13-15-3-2-4-18(11-15)26(27,28)29/h2-8,11-12,22,31H,9-10,13H2,1H3/b23-21-. The number of hydrogen-bond donors (Lipinski definition) is 1. The number of aliphatic hydroxyl groups is 1. The Kier molecular flexibility index (Phi) is 5.42. The number of fused-ring (bicyclic) bond motifs is 1. The molecule has 1 saturated heterocycles. The van der Waals surface area contributed by atoms with Gasteiger partial charge in [-0.05, 0) is 60.5 Å². The van der Waals surface area contributed by atoms with E-state index in [1.807, 2.05) is 0 Å². The number of aryl methyl sites for hydroxylation is 1. The molecule has 5 rings (SSSR count). The number of amides is 1. The minimum Gasteiger partial charge on any atom is -0.507 e. The van der Waals surface area contributed by atoms with E-state index in [0.29, 0.717) is 30.1 Å². The van der Waals surface area contributed by atoms with Crippen LogP contribution in [-0.2, 0) is 28.7 Å². The zero-order chi connectivity index (χ0) is 24.9. The molecule has 3 heterocycles. The van der Waals surface area contributed by atoms with Gasteiger partial charge in [-0.15, -0.1) is 0 Å². The van der Waals surface area contributed by atoms with Crippen molar-refractivity contribution in [1.29, 1.82) is 0 Å². The Labute approximate surface area is 198 Å². The zero-order valence-electron chi connectivity index (χ0n) is 18.6. The second-order valence-corrected chi connectivity index (χ2v) is 8.49. The van der Waals surface area contributed by atoms with Crippen LogP contribution in [0.4, 0.5) is 13.2 Å². The van der Waals surface area contributed by atoms with E-state index < -0.39 is 29.5 Å². The predicted molar refractivity (Wildman–Crippen MR) is 118 cm³/mol. The third kappa shape index (κ3) is 4.07. The Balaban J connectivity index is 1.60. The Morgan fingerprint density at radius 1 is 1.11 bits per heavy atom. The molecular formula is C26H20F3NO5. The number of likely N-dealkylation sites (tertiary alicyclic amines) is 1. The highest BCUT2D eigenvalue weighted by Gasteiger charge is 2.47. The fraction of sp³-hybridized carbons (Fsp3) is 0.231. The van der Waals surface area contributed by atoms with Gasteiger partial charge in [-0.3, -0.25) is 9.59 Å². The third-order valence-electron chi connectivity index (χ3n) is 6.14. The first-order valence-electron chi connectivity index (χ1n) is 10.9. The van der Waals surface area contributed by atoms with Crippen molar-refractivity contribution in [2.75, 3.05) is 6.61 Å². The van der Waals surface area contributed by atoms with E-state index in [1.165, 1.54) is 12.1 Å². The lowest BCUT2D eigenvalue weighted by Gasteiger charge is -2.24. The number of ketones is 1. The van der Waals surface area contributed by atoms with Crippen LogP contribution in [0.3, 0.4) is 0 Å². The number of benzene rings is 2. The van der Waals surface area contributed by atoms with Crippen molar-refractivity contribution in [3.8, 4) is 5.75 Å². The summed E-state index contributed by atoms with van der Waals surface area (Å²) in [7, 11) is 0. The normalized spacial score (nSPS) is 19.2. The molecule has 0 radical (unpaired) electrons. The number of halogens is 3. The molecule has 2 aliphatic heterocycles. The number of hydrogen-bond acceptors (Lipinski definition) is 5. The number of furan rings is 1. The van der Waals surface area contributed by atoms with E-state index in [1.54, 1.807) is 37.3 Å². The first kappa shape index (κ1) is 22.8. The van der Waals surface area contributed by atoms with Gasteiger partial charge >= 0.3 is 6.18 Å². The van der Waals surface area contributed by atoms with Crippen molar-refractivity contribution in [2.45, 2.75) is 32.1 Å². The number of carbonyl (C=O) groups excluding carboxylic acids is 2. The molecule has 9 heteroatoms. The monoisotopic (exact) mass is 483 g/mol. The van der Waals surface area contributed by atoms with Crippen molar-refractivity contribution >= 4 is 17.4 Å². The van der Waals surface area contributed by atoms with Crippen LogP contribution in [0.5, 0.6) is 5.75 Å². The van der Waals surface area contributed by atoms with Crippen molar-refractivity contribution in [1.82, 2.24) is 4.90 Å². The molecule has 2 aliphatic rings. The van der Waals surface area contributed by atoms with Crippen molar-refractivity contribution in [3.05, 3.63) is 93.9 Å². The predicted octanol–water partition coefficient (Wildman–Crippen LogP) is 5.16. The number of carbonyl (C=O) groups is 2. The molecule has 1 N–H and O–H groups in total. The quantitative estimate of drug-likeness (QED) is 0.315. The number of aliphatic hydroxyl groups excluding tert-OH is 1. The Hall–Kier alpha value is -4.01. The summed E-state index contributed by atoms with van der Waals surface area (Å²) in [4.78, 5) is 27.3. The lowest BCUT2D eigenvalue weighted by molar-refractivity contribution is -0.140. The van der Waals surface area contributed by atoms with Crippen LogP contribution in [0.2, 0.25) is 0 Å². The second-order valence-electron chi connectivity index (χ2n) is 8.49. The molecule has 1 fully saturated rings. The van der Waals surface area contributed by atoms with Crippen molar-refractivity contribution in [2.24, 2.45) is 0 Å².